The molecular formula is C27H31N5O8. The molecule has 0 radical (unpaired) electrons. The van der Waals surface area contributed by atoms with Gasteiger partial charge in [0.05, 0.1) is 0 Å². The van der Waals surface area contributed by atoms with E-state index in [1.807, 2.05) is 6.07 Å². The summed E-state index contributed by atoms with van der Waals surface area (Å²) in [7, 11) is 0. The molecule has 2 atom stereocenters. The summed E-state index contributed by atoms with van der Waals surface area (Å²) < 4.78 is 10.1. The van der Waals surface area contributed by atoms with Crippen molar-refractivity contribution in [1.29, 1.82) is 0 Å². The van der Waals surface area contributed by atoms with E-state index in [2.05, 4.69) is 16.1 Å². The molecule has 0 aliphatic rings. The lowest BCUT2D eigenvalue weighted by molar-refractivity contribution is -0.142. The summed E-state index contributed by atoms with van der Waals surface area (Å²) in [6.45, 7) is 1.98. The quantitative estimate of drug-likeness (QED) is 0.166. The Morgan fingerprint density at radius 1 is 0.775 bits per heavy atom. The highest BCUT2D eigenvalue weighted by atomic mass is 16.5. The van der Waals surface area contributed by atoms with E-state index in [1.165, 1.54) is 13.8 Å². The summed E-state index contributed by atoms with van der Waals surface area (Å²) in [6, 6.07) is 15.5. The second-order valence-electron chi connectivity index (χ2n) is 8.45. The van der Waals surface area contributed by atoms with Crippen molar-refractivity contribution in [3.8, 4) is 0 Å². The number of hydrogen-bond acceptors (Lipinski definition) is 8. The fraction of sp³-hybridized carbons (Fsp3) is 0.259. The molecule has 13 heteroatoms. The first-order valence-corrected chi connectivity index (χ1v) is 12.1. The van der Waals surface area contributed by atoms with Crippen molar-refractivity contribution < 1.29 is 38.2 Å². The maximum Gasteiger partial charge on any atom is 0.408 e. The topological polar surface area (TPSA) is 186 Å². The van der Waals surface area contributed by atoms with Gasteiger partial charge in [-0.3, -0.25) is 24.6 Å². The van der Waals surface area contributed by atoms with E-state index in [9.17, 15) is 28.8 Å². The van der Waals surface area contributed by atoms with Gasteiger partial charge in [0.1, 0.15) is 31.8 Å². The van der Waals surface area contributed by atoms with Crippen LogP contribution in [-0.4, -0.2) is 59.3 Å². The monoisotopic (exact) mass is 553 g/mol. The number of esters is 1. The molecular weight excluding hydrogens is 522 g/mol. The number of rotatable bonds is 12. The number of alkyl carbamates (subject to hydrolysis) is 1. The molecule has 40 heavy (non-hydrogen) atoms. The minimum atomic E-state index is -1.19. The number of nitrogens with two attached hydrogens (primary N) is 1. The molecule has 212 valence electrons. The number of carbonyl (C=O) groups is 6. The molecule has 5 amide bonds. The van der Waals surface area contributed by atoms with Crippen molar-refractivity contribution in [1.82, 2.24) is 21.1 Å². The number of primary amides is 1. The number of nitrogens with one attached hydrogen (secondary N) is 3. The Bertz CT molecular complexity index is 1220. The van der Waals surface area contributed by atoms with Crippen LogP contribution in [0.4, 0.5) is 4.79 Å². The second kappa shape index (κ2) is 15.9. The van der Waals surface area contributed by atoms with Crippen LogP contribution in [0, 0.1) is 0 Å². The molecule has 0 fully saturated rings. The van der Waals surface area contributed by atoms with E-state index >= 15 is 0 Å². The number of benzene rings is 2. The Morgan fingerprint density at radius 2 is 1.30 bits per heavy atom. The van der Waals surface area contributed by atoms with E-state index in [1.54, 1.807) is 54.6 Å². The maximum absolute atomic E-state index is 12.6. The fourth-order valence-electron chi connectivity index (χ4n) is 2.98. The first kappa shape index (κ1) is 31.0. The number of amides is 5. The Labute approximate surface area is 230 Å². The van der Waals surface area contributed by atoms with Gasteiger partial charge in [-0.25, -0.2) is 14.6 Å². The SMILES string of the molecule is C[C@H](NC(=O)OCc1ccccc1)C(=O)N[C@@H](C)C(=O)NN(CC(N)=O)C(=O)/C=C/C(=O)OCc1ccccc1. The fourth-order valence-corrected chi connectivity index (χ4v) is 2.98. The van der Waals surface area contributed by atoms with Gasteiger partial charge in [0.2, 0.25) is 11.8 Å². The third-order valence-electron chi connectivity index (χ3n) is 5.10. The molecule has 2 aromatic carbocycles. The summed E-state index contributed by atoms with van der Waals surface area (Å²) in [5.41, 5.74) is 8.82. The highest BCUT2D eigenvalue weighted by Gasteiger charge is 2.24. The zero-order chi connectivity index (χ0) is 29.5. The van der Waals surface area contributed by atoms with Gasteiger partial charge in [-0.2, -0.15) is 0 Å². The summed E-state index contributed by atoms with van der Waals surface area (Å²) in [5, 5.41) is 5.30. The number of ether oxygens (including phenoxy) is 2. The van der Waals surface area contributed by atoms with Crippen LogP contribution in [-0.2, 0) is 46.7 Å². The molecule has 0 saturated heterocycles. The lowest BCUT2D eigenvalue weighted by Gasteiger charge is -2.24. The number of carbonyl (C=O) groups excluding carboxylic acids is 6. The van der Waals surface area contributed by atoms with Crippen molar-refractivity contribution in [3.63, 3.8) is 0 Å². The maximum atomic E-state index is 12.6. The van der Waals surface area contributed by atoms with E-state index in [0.717, 1.165) is 23.3 Å². The molecule has 0 saturated carbocycles. The minimum Gasteiger partial charge on any atom is -0.458 e. The predicted octanol–water partition coefficient (Wildman–Crippen LogP) is 0.451. The van der Waals surface area contributed by atoms with Crippen molar-refractivity contribution >= 4 is 35.7 Å². The lowest BCUT2D eigenvalue weighted by Crippen LogP contribution is -2.56. The van der Waals surface area contributed by atoms with Crippen LogP contribution in [0.15, 0.2) is 72.8 Å². The van der Waals surface area contributed by atoms with Gasteiger partial charge in [0.25, 0.3) is 11.8 Å². The van der Waals surface area contributed by atoms with Crippen LogP contribution in [0.25, 0.3) is 0 Å². The summed E-state index contributed by atoms with van der Waals surface area (Å²) >= 11 is 0. The van der Waals surface area contributed by atoms with Gasteiger partial charge >= 0.3 is 12.1 Å². The molecule has 0 unspecified atom stereocenters. The first-order valence-electron chi connectivity index (χ1n) is 12.1. The molecule has 0 spiro atoms. The molecule has 2 aromatic rings. The summed E-state index contributed by atoms with van der Waals surface area (Å²) in [4.78, 5) is 72.8. The highest BCUT2D eigenvalue weighted by Crippen LogP contribution is 2.02. The Kier molecular flexibility index (Phi) is 12.3. The van der Waals surface area contributed by atoms with Crippen LogP contribution in [0.1, 0.15) is 25.0 Å². The van der Waals surface area contributed by atoms with Gasteiger partial charge in [0, 0.05) is 12.2 Å². The van der Waals surface area contributed by atoms with E-state index in [-0.39, 0.29) is 13.2 Å². The molecule has 2 rings (SSSR count). The van der Waals surface area contributed by atoms with Crippen molar-refractivity contribution in [2.75, 3.05) is 6.54 Å². The number of nitrogens with zero attached hydrogens (tertiary/aromatic N) is 1. The van der Waals surface area contributed by atoms with E-state index in [4.69, 9.17) is 15.2 Å². The van der Waals surface area contributed by atoms with Gasteiger partial charge in [-0.05, 0) is 25.0 Å². The summed E-state index contributed by atoms with van der Waals surface area (Å²) in [6.07, 6.45) is 0.796. The average Bonchev–Trinajstić information content (AvgIpc) is 2.94. The Morgan fingerprint density at radius 3 is 1.85 bits per heavy atom. The third kappa shape index (κ3) is 11.5. The van der Waals surface area contributed by atoms with Gasteiger partial charge in [0.15, 0.2) is 0 Å². The predicted molar refractivity (Wildman–Crippen MR) is 141 cm³/mol. The highest BCUT2D eigenvalue weighted by molar-refractivity contribution is 5.98. The largest absolute Gasteiger partial charge is 0.458 e. The minimum absolute atomic E-state index is 0.00272. The Balaban J connectivity index is 1.84. The molecule has 0 bridgehead atoms. The Hall–Kier alpha value is -5.20. The van der Waals surface area contributed by atoms with E-state index < -0.39 is 54.3 Å². The molecule has 0 aliphatic carbocycles. The van der Waals surface area contributed by atoms with Gasteiger partial charge < -0.3 is 25.8 Å². The van der Waals surface area contributed by atoms with Crippen molar-refractivity contribution in [2.45, 2.75) is 39.1 Å². The second-order valence-corrected chi connectivity index (χ2v) is 8.45. The summed E-state index contributed by atoms with van der Waals surface area (Å²) in [5.74, 6) is -4.31. The van der Waals surface area contributed by atoms with Crippen molar-refractivity contribution in [3.05, 3.63) is 83.9 Å². The molecule has 5 N–H and O–H groups in total. The molecule has 0 heterocycles. The number of hydrazine groups is 1. The smallest absolute Gasteiger partial charge is 0.408 e. The van der Waals surface area contributed by atoms with Crippen LogP contribution in [0.2, 0.25) is 0 Å². The zero-order valence-corrected chi connectivity index (χ0v) is 22.0. The number of hydrogen-bond donors (Lipinski definition) is 4. The van der Waals surface area contributed by atoms with Crippen molar-refractivity contribution in [2.24, 2.45) is 5.73 Å². The third-order valence-corrected chi connectivity index (χ3v) is 5.10. The van der Waals surface area contributed by atoms with Crippen LogP contribution < -0.4 is 21.8 Å². The van der Waals surface area contributed by atoms with Gasteiger partial charge in [-0.15, -0.1) is 0 Å². The zero-order valence-electron chi connectivity index (χ0n) is 22.0. The van der Waals surface area contributed by atoms with Gasteiger partial charge in [-0.1, -0.05) is 60.7 Å². The lowest BCUT2D eigenvalue weighted by atomic mass is 10.2. The van der Waals surface area contributed by atoms with Crippen LogP contribution >= 0.6 is 0 Å². The van der Waals surface area contributed by atoms with Crippen LogP contribution in [0.3, 0.4) is 0 Å². The van der Waals surface area contributed by atoms with E-state index in [0.29, 0.717) is 5.01 Å². The normalized spacial score (nSPS) is 11.9. The molecule has 13 nitrogen and oxygen atoms in total. The first-order chi connectivity index (χ1) is 19.0. The molecule has 0 aliphatic heterocycles. The molecule has 0 aromatic heterocycles. The van der Waals surface area contributed by atoms with Crippen LogP contribution in [0.5, 0.6) is 0 Å². The standard InChI is InChI=1S/C27H31N5O8/c1-18(30-27(38)40-17-21-11-7-4-8-12-21)25(36)29-19(2)26(37)31-32(15-22(28)33)23(34)13-14-24(35)39-16-20-9-5-3-6-10-20/h3-14,18-19H,15-17H2,1-2H3,(H2,28,33)(H,29,36)(H,30,38)(H,31,37)/b14-13+/t18-,19-/m0/s1. The average molecular weight is 554 g/mol.